The van der Waals surface area contributed by atoms with E-state index in [4.69, 9.17) is 4.74 Å². The third-order valence-electron chi connectivity index (χ3n) is 5.05. The monoisotopic (exact) mass is 342 g/mol. The molecule has 0 bridgehead atoms. The van der Waals surface area contributed by atoms with Crippen LogP contribution >= 0.6 is 0 Å². The SMILES string of the molecule is O=C(CNc1cccc(OC2CCCC2)c1)NCCC1=CCCCC1. The number of hydrogen-bond donors (Lipinski definition) is 2. The summed E-state index contributed by atoms with van der Waals surface area (Å²) in [6.07, 6.45) is 13.5. The summed E-state index contributed by atoms with van der Waals surface area (Å²) in [7, 11) is 0. The lowest BCUT2D eigenvalue weighted by atomic mass is 9.97. The minimum atomic E-state index is 0.0403. The number of carbonyl (C=O) groups excluding carboxylic acids is 1. The van der Waals surface area contributed by atoms with E-state index < -0.39 is 0 Å². The molecule has 1 aromatic rings. The van der Waals surface area contributed by atoms with Crippen LogP contribution in [0.3, 0.4) is 0 Å². The second-order valence-electron chi connectivity index (χ2n) is 7.11. The van der Waals surface area contributed by atoms with Gasteiger partial charge in [-0.15, -0.1) is 0 Å². The van der Waals surface area contributed by atoms with Crippen molar-refractivity contribution in [3.05, 3.63) is 35.9 Å². The Labute approximate surface area is 151 Å². The summed E-state index contributed by atoms with van der Waals surface area (Å²) in [5.41, 5.74) is 2.43. The maximum absolute atomic E-state index is 12.0. The largest absolute Gasteiger partial charge is 0.490 e. The van der Waals surface area contributed by atoms with E-state index in [-0.39, 0.29) is 5.91 Å². The molecule has 0 heterocycles. The van der Waals surface area contributed by atoms with Crippen LogP contribution in [0.5, 0.6) is 5.75 Å². The predicted molar refractivity (Wildman–Crippen MR) is 102 cm³/mol. The zero-order valence-electron chi connectivity index (χ0n) is 15.1. The van der Waals surface area contributed by atoms with Gasteiger partial charge in [0.1, 0.15) is 5.75 Å². The molecule has 0 unspecified atom stereocenters. The van der Waals surface area contributed by atoms with E-state index in [2.05, 4.69) is 16.7 Å². The summed E-state index contributed by atoms with van der Waals surface area (Å²) in [6, 6.07) is 7.92. The van der Waals surface area contributed by atoms with Crippen molar-refractivity contribution < 1.29 is 9.53 Å². The molecule has 0 spiro atoms. The maximum atomic E-state index is 12.0. The molecule has 0 atom stereocenters. The fourth-order valence-electron chi connectivity index (χ4n) is 3.62. The fraction of sp³-hybridized carbons (Fsp3) is 0.571. The molecule has 136 valence electrons. The van der Waals surface area contributed by atoms with Crippen LogP contribution in [-0.4, -0.2) is 25.1 Å². The zero-order chi connectivity index (χ0) is 17.3. The number of hydrogen-bond acceptors (Lipinski definition) is 3. The van der Waals surface area contributed by atoms with E-state index in [0.29, 0.717) is 12.6 Å². The number of nitrogens with one attached hydrogen (secondary N) is 2. The average molecular weight is 342 g/mol. The Morgan fingerprint density at radius 1 is 1.16 bits per heavy atom. The standard InChI is InChI=1S/C21H30N2O2/c24-21(22-14-13-17-7-2-1-3-8-17)16-23-18-9-6-12-20(15-18)25-19-10-4-5-11-19/h6-7,9,12,15,19,23H,1-5,8,10-11,13-14,16H2,(H,22,24). The lowest BCUT2D eigenvalue weighted by Gasteiger charge is -2.15. The highest BCUT2D eigenvalue weighted by molar-refractivity contribution is 5.80. The number of rotatable bonds is 8. The van der Waals surface area contributed by atoms with Crippen LogP contribution in [-0.2, 0) is 4.79 Å². The smallest absolute Gasteiger partial charge is 0.239 e. The van der Waals surface area contributed by atoms with Gasteiger partial charge in [0.05, 0.1) is 12.6 Å². The molecule has 25 heavy (non-hydrogen) atoms. The van der Waals surface area contributed by atoms with E-state index in [0.717, 1.165) is 37.2 Å². The highest BCUT2D eigenvalue weighted by atomic mass is 16.5. The van der Waals surface area contributed by atoms with Crippen molar-refractivity contribution >= 4 is 11.6 Å². The minimum Gasteiger partial charge on any atom is -0.490 e. The highest BCUT2D eigenvalue weighted by Gasteiger charge is 2.16. The van der Waals surface area contributed by atoms with Gasteiger partial charge in [-0.2, -0.15) is 0 Å². The van der Waals surface area contributed by atoms with Crippen molar-refractivity contribution in [2.75, 3.05) is 18.4 Å². The Morgan fingerprint density at radius 2 is 2.04 bits per heavy atom. The van der Waals surface area contributed by atoms with Crippen molar-refractivity contribution in [2.45, 2.75) is 63.9 Å². The molecule has 0 aromatic heterocycles. The first-order valence-corrected chi connectivity index (χ1v) is 9.75. The number of ether oxygens (including phenoxy) is 1. The molecular weight excluding hydrogens is 312 g/mol. The first-order valence-electron chi connectivity index (χ1n) is 9.75. The van der Waals surface area contributed by atoms with E-state index in [1.54, 1.807) is 0 Å². The van der Waals surface area contributed by atoms with Gasteiger partial charge >= 0.3 is 0 Å². The Hall–Kier alpha value is -1.97. The zero-order valence-corrected chi connectivity index (χ0v) is 15.1. The van der Waals surface area contributed by atoms with Crippen LogP contribution in [0.1, 0.15) is 57.8 Å². The maximum Gasteiger partial charge on any atom is 0.239 e. The van der Waals surface area contributed by atoms with Gasteiger partial charge in [-0.3, -0.25) is 4.79 Å². The number of allylic oxidation sites excluding steroid dienone is 1. The molecule has 2 N–H and O–H groups in total. The predicted octanol–water partition coefficient (Wildman–Crippen LogP) is 4.43. The van der Waals surface area contributed by atoms with E-state index in [1.807, 2.05) is 24.3 Å². The molecule has 0 aliphatic heterocycles. The first kappa shape index (κ1) is 17.8. The topological polar surface area (TPSA) is 50.4 Å². The van der Waals surface area contributed by atoms with Gasteiger partial charge in [0.2, 0.25) is 5.91 Å². The minimum absolute atomic E-state index is 0.0403. The van der Waals surface area contributed by atoms with Gasteiger partial charge in [0, 0.05) is 18.3 Å². The van der Waals surface area contributed by atoms with Crippen LogP contribution < -0.4 is 15.4 Å². The van der Waals surface area contributed by atoms with Gasteiger partial charge < -0.3 is 15.4 Å². The molecule has 1 amide bonds. The third kappa shape index (κ3) is 6.11. The Balaban J connectivity index is 1.37. The van der Waals surface area contributed by atoms with Crippen molar-refractivity contribution in [1.82, 2.24) is 5.32 Å². The molecule has 4 nitrogen and oxygen atoms in total. The van der Waals surface area contributed by atoms with Gasteiger partial charge in [0.25, 0.3) is 0 Å². The normalized spacial score (nSPS) is 17.8. The molecule has 1 fully saturated rings. The van der Waals surface area contributed by atoms with Crippen LogP contribution in [0.15, 0.2) is 35.9 Å². The summed E-state index contributed by atoms with van der Waals surface area (Å²) >= 11 is 0. The Kier molecular flexibility index (Phi) is 6.78. The van der Waals surface area contributed by atoms with E-state index >= 15 is 0 Å². The molecule has 1 saturated carbocycles. The van der Waals surface area contributed by atoms with Crippen LogP contribution in [0, 0.1) is 0 Å². The van der Waals surface area contributed by atoms with Gasteiger partial charge in [-0.25, -0.2) is 0 Å². The number of amides is 1. The van der Waals surface area contributed by atoms with Gasteiger partial charge in [-0.05, 0) is 69.9 Å². The van der Waals surface area contributed by atoms with Crippen LogP contribution in [0.25, 0.3) is 0 Å². The molecule has 1 aromatic carbocycles. The number of benzene rings is 1. The Morgan fingerprint density at radius 3 is 2.84 bits per heavy atom. The van der Waals surface area contributed by atoms with Crippen LogP contribution in [0.4, 0.5) is 5.69 Å². The average Bonchev–Trinajstić information content (AvgIpc) is 3.14. The summed E-state index contributed by atoms with van der Waals surface area (Å²) < 4.78 is 6.01. The quantitative estimate of drug-likeness (QED) is 0.687. The number of anilines is 1. The fourth-order valence-corrected chi connectivity index (χ4v) is 3.62. The van der Waals surface area contributed by atoms with Gasteiger partial charge in [0.15, 0.2) is 0 Å². The summed E-state index contributed by atoms with van der Waals surface area (Å²) in [6.45, 7) is 1.03. The van der Waals surface area contributed by atoms with Crippen molar-refractivity contribution in [2.24, 2.45) is 0 Å². The molecular formula is C21H30N2O2. The number of carbonyl (C=O) groups is 1. The van der Waals surface area contributed by atoms with Crippen molar-refractivity contribution in [3.63, 3.8) is 0 Å². The summed E-state index contributed by atoms with van der Waals surface area (Å²) in [4.78, 5) is 12.0. The Bertz CT molecular complexity index is 591. The second kappa shape index (κ2) is 9.50. The molecule has 2 aliphatic rings. The molecule has 2 aliphatic carbocycles. The van der Waals surface area contributed by atoms with E-state index in [1.165, 1.54) is 44.1 Å². The van der Waals surface area contributed by atoms with Crippen LogP contribution in [0.2, 0.25) is 0 Å². The lowest BCUT2D eigenvalue weighted by molar-refractivity contribution is -0.119. The first-order chi connectivity index (χ1) is 12.3. The molecule has 0 saturated heterocycles. The summed E-state index contributed by atoms with van der Waals surface area (Å²) in [5.74, 6) is 0.931. The van der Waals surface area contributed by atoms with Gasteiger partial charge in [-0.1, -0.05) is 17.7 Å². The molecule has 3 rings (SSSR count). The third-order valence-corrected chi connectivity index (χ3v) is 5.05. The lowest BCUT2D eigenvalue weighted by Crippen LogP contribution is -2.30. The highest BCUT2D eigenvalue weighted by Crippen LogP contribution is 2.25. The van der Waals surface area contributed by atoms with E-state index in [9.17, 15) is 4.79 Å². The summed E-state index contributed by atoms with van der Waals surface area (Å²) in [5, 5.41) is 6.19. The molecule has 0 radical (unpaired) electrons. The van der Waals surface area contributed by atoms with Crippen molar-refractivity contribution in [1.29, 1.82) is 0 Å². The van der Waals surface area contributed by atoms with Crippen molar-refractivity contribution in [3.8, 4) is 5.75 Å². The second-order valence-corrected chi connectivity index (χ2v) is 7.11. The molecule has 4 heteroatoms.